The number of H-pyrrole nitrogens is 1. The molecule has 4 atom stereocenters. The number of aliphatic carboxylic acids is 1. The van der Waals surface area contributed by atoms with Crippen molar-refractivity contribution in [1.82, 2.24) is 20.9 Å². The first-order chi connectivity index (χ1) is 18.1. The number of rotatable bonds is 16. The highest BCUT2D eigenvalue weighted by Crippen LogP contribution is 2.19. The number of nitrogens with one attached hydrogen (secondary N) is 4. The molecule has 2 aromatic rings. The molecule has 210 valence electrons. The number of fused-ring (bicyclic) bond motifs is 1. The van der Waals surface area contributed by atoms with Crippen LogP contribution in [-0.4, -0.2) is 82.0 Å². The summed E-state index contributed by atoms with van der Waals surface area (Å²) in [4.78, 5) is 54.1. The fraction of sp³-hybridized carbons (Fsp3) is 0.538. The molecule has 1 heterocycles. The van der Waals surface area contributed by atoms with E-state index in [1.807, 2.05) is 36.8 Å². The van der Waals surface area contributed by atoms with E-state index in [1.165, 1.54) is 11.8 Å². The summed E-state index contributed by atoms with van der Waals surface area (Å²) in [5.74, 6) is -1.69. The van der Waals surface area contributed by atoms with E-state index in [1.54, 1.807) is 31.8 Å². The second-order valence-corrected chi connectivity index (χ2v) is 11.4. The van der Waals surface area contributed by atoms with Gasteiger partial charge in [-0.25, -0.2) is 4.79 Å². The van der Waals surface area contributed by atoms with Gasteiger partial charge in [-0.1, -0.05) is 32.0 Å². The molecule has 1 aromatic heterocycles. The molecule has 0 saturated heterocycles. The van der Waals surface area contributed by atoms with Crippen LogP contribution >= 0.6 is 23.5 Å². The number of nitrogens with two attached hydrogens (primary N) is 1. The number of aromatic nitrogens is 1. The Labute approximate surface area is 232 Å². The van der Waals surface area contributed by atoms with Gasteiger partial charge in [-0.15, -0.1) is 0 Å². The van der Waals surface area contributed by atoms with Gasteiger partial charge in [-0.05, 0) is 54.4 Å². The quantitative estimate of drug-likeness (QED) is 0.179. The average Bonchev–Trinajstić information content (AvgIpc) is 3.29. The van der Waals surface area contributed by atoms with Gasteiger partial charge in [-0.3, -0.25) is 14.4 Å². The minimum atomic E-state index is -1.19. The van der Waals surface area contributed by atoms with Crippen molar-refractivity contribution in [2.45, 2.75) is 57.3 Å². The largest absolute Gasteiger partial charge is 0.480 e. The van der Waals surface area contributed by atoms with Gasteiger partial charge in [0.25, 0.3) is 0 Å². The number of carbonyl (C=O) groups excluding carboxylic acids is 3. The number of aromatic amines is 1. The van der Waals surface area contributed by atoms with E-state index in [9.17, 15) is 24.3 Å². The van der Waals surface area contributed by atoms with Crippen molar-refractivity contribution < 1.29 is 24.3 Å². The molecule has 0 fully saturated rings. The third kappa shape index (κ3) is 9.25. The van der Waals surface area contributed by atoms with Crippen molar-refractivity contribution in [3.05, 3.63) is 36.0 Å². The second kappa shape index (κ2) is 15.6. The highest BCUT2D eigenvalue weighted by Gasteiger charge is 2.31. The zero-order valence-electron chi connectivity index (χ0n) is 22.3. The molecule has 1 aromatic carbocycles. The van der Waals surface area contributed by atoms with Gasteiger partial charge >= 0.3 is 5.97 Å². The van der Waals surface area contributed by atoms with Gasteiger partial charge in [0.2, 0.25) is 17.7 Å². The number of para-hydroxylation sites is 1. The maximum Gasteiger partial charge on any atom is 0.326 e. The third-order valence-corrected chi connectivity index (χ3v) is 7.46. The minimum Gasteiger partial charge on any atom is -0.480 e. The Morgan fingerprint density at radius 3 is 2.18 bits per heavy atom. The van der Waals surface area contributed by atoms with Crippen molar-refractivity contribution in [3.63, 3.8) is 0 Å². The minimum absolute atomic E-state index is 0.0763. The zero-order chi connectivity index (χ0) is 28.2. The van der Waals surface area contributed by atoms with Gasteiger partial charge in [0.05, 0.1) is 6.04 Å². The average molecular weight is 566 g/mol. The molecule has 0 radical (unpaired) electrons. The van der Waals surface area contributed by atoms with Crippen LogP contribution < -0.4 is 21.7 Å². The molecule has 2 rings (SSSR count). The smallest absolute Gasteiger partial charge is 0.326 e. The Bertz CT molecular complexity index is 1090. The Balaban J connectivity index is 2.13. The van der Waals surface area contributed by atoms with Crippen molar-refractivity contribution in [2.24, 2.45) is 11.7 Å². The number of carboxylic acids is 1. The summed E-state index contributed by atoms with van der Waals surface area (Å²) >= 11 is 3.08. The molecule has 0 bridgehead atoms. The molecule has 12 heteroatoms. The van der Waals surface area contributed by atoms with Crippen molar-refractivity contribution >= 4 is 58.1 Å². The van der Waals surface area contributed by atoms with Gasteiger partial charge in [0.1, 0.15) is 18.1 Å². The standard InChI is InChI=1S/C26H39N5O5S2/c1-15(2)22(31-23(32)18(27)9-11-37-3)25(34)29-20(10-12-38-4)24(33)30-21(26(35)36)13-16-14-28-19-8-6-5-7-17(16)19/h5-8,14-15,18,20-22,28H,9-13,27H2,1-4H3,(H,29,34)(H,30,33)(H,31,32)(H,35,36). The van der Waals surface area contributed by atoms with Crippen LogP contribution in [0.2, 0.25) is 0 Å². The molecule has 7 N–H and O–H groups in total. The van der Waals surface area contributed by atoms with E-state index in [2.05, 4.69) is 20.9 Å². The van der Waals surface area contributed by atoms with Crippen LogP contribution in [0.3, 0.4) is 0 Å². The van der Waals surface area contributed by atoms with E-state index in [4.69, 9.17) is 5.73 Å². The van der Waals surface area contributed by atoms with Crippen LogP contribution in [-0.2, 0) is 25.6 Å². The van der Waals surface area contributed by atoms with E-state index in [0.29, 0.717) is 24.3 Å². The van der Waals surface area contributed by atoms with Gasteiger partial charge in [0.15, 0.2) is 0 Å². The molecule has 3 amide bonds. The van der Waals surface area contributed by atoms with Crippen LogP contribution in [0.1, 0.15) is 32.3 Å². The van der Waals surface area contributed by atoms with Crippen LogP contribution in [0.15, 0.2) is 30.5 Å². The molecule has 0 spiro atoms. The molecule has 10 nitrogen and oxygen atoms in total. The lowest BCUT2D eigenvalue weighted by molar-refractivity contribution is -0.142. The summed E-state index contributed by atoms with van der Waals surface area (Å²) in [7, 11) is 0. The second-order valence-electron chi connectivity index (χ2n) is 9.42. The lowest BCUT2D eigenvalue weighted by Crippen LogP contribution is -2.58. The normalized spacial score (nSPS) is 14.5. The number of carbonyl (C=O) groups is 4. The number of hydrogen-bond acceptors (Lipinski definition) is 7. The van der Waals surface area contributed by atoms with Crippen molar-refractivity contribution in [1.29, 1.82) is 0 Å². The van der Waals surface area contributed by atoms with E-state index in [-0.39, 0.29) is 12.3 Å². The van der Waals surface area contributed by atoms with Crippen LogP contribution in [0, 0.1) is 5.92 Å². The van der Waals surface area contributed by atoms with Gasteiger partial charge < -0.3 is 31.8 Å². The molecule has 4 unspecified atom stereocenters. The van der Waals surface area contributed by atoms with E-state index < -0.39 is 47.9 Å². The Morgan fingerprint density at radius 1 is 0.921 bits per heavy atom. The highest BCUT2D eigenvalue weighted by atomic mass is 32.2. The molecular formula is C26H39N5O5S2. The Hall–Kier alpha value is -2.70. The van der Waals surface area contributed by atoms with E-state index in [0.717, 1.165) is 16.5 Å². The number of benzene rings is 1. The first-order valence-corrected chi connectivity index (χ1v) is 15.3. The number of hydrogen-bond donors (Lipinski definition) is 6. The van der Waals surface area contributed by atoms with E-state index >= 15 is 0 Å². The number of amides is 3. The summed E-state index contributed by atoms with van der Waals surface area (Å²) in [6.45, 7) is 3.58. The molecule has 0 aliphatic rings. The summed E-state index contributed by atoms with van der Waals surface area (Å²) in [5.41, 5.74) is 7.59. The third-order valence-electron chi connectivity index (χ3n) is 6.17. The summed E-state index contributed by atoms with van der Waals surface area (Å²) in [5, 5.41) is 18.7. The van der Waals surface area contributed by atoms with Gasteiger partial charge in [-0.2, -0.15) is 23.5 Å². The van der Waals surface area contributed by atoms with Crippen LogP contribution in [0.4, 0.5) is 0 Å². The Kier molecular flexibility index (Phi) is 13.0. The monoisotopic (exact) mass is 565 g/mol. The molecule has 0 aliphatic heterocycles. The lowest BCUT2D eigenvalue weighted by Gasteiger charge is -2.27. The number of carboxylic acid groups (broad SMARTS) is 1. The van der Waals surface area contributed by atoms with Crippen LogP contribution in [0.5, 0.6) is 0 Å². The zero-order valence-corrected chi connectivity index (χ0v) is 23.9. The Morgan fingerprint density at radius 2 is 1.55 bits per heavy atom. The maximum absolute atomic E-state index is 13.2. The highest BCUT2D eigenvalue weighted by molar-refractivity contribution is 7.98. The van der Waals surface area contributed by atoms with Crippen LogP contribution in [0.25, 0.3) is 10.9 Å². The fourth-order valence-corrected chi connectivity index (χ4v) is 4.89. The topological polar surface area (TPSA) is 166 Å². The maximum atomic E-state index is 13.2. The summed E-state index contributed by atoms with van der Waals surface area (Å²) in [6, 6.07) is 3.72. The summed E-state index contributed by atoms with van der Waals surface area (Å²) < 4.78 is 0. The molecular weight excluding hydrogens is 526 g/mol. The lowest BCUT2D eigenvalue weighted by atomic mass is 10.0. The van der Waals surface area contributed by atoms with Gasteiger partial charge in [0, 0.05) is 23.5 Å². The predicted octanol–water partition coefficient (Wildman–Crippen LogP) is 1.74. The first-order valence-electron chi connectivity index (χ1n) is 12.5. The molecule has 0 saturated carbocycles. The van der Waals surface area contributed by atoms with Crippen molar-refractivity contribution in [3.8, 4) is 0 Å². The SMILES string of the molecule is CSCCC(N)C(=O)NC(C(=O)NC(CCSC)C(=O)NC(Cc1c[nH]c2ccccc12)C(=O)O)C(C)C. The van der Waals surface area contributed by atoms with Crippen molar-refractivity contribution in [2.75, 3.05) is 24.0 Å². The molecule has 0 aliphatic carbocycles. The predicted molar refractivity (Wildman–Crippen MR) is 154 cm³/mol. The molecule has 38 heavy (non-hydrogen) atoms. The number of thioether (sulfide) groups is 2. The summed E-state index contributed by atoms with van der Waals surface area (Å²) in [6.07, 6.45) is 6.38. The fourth-order valence-electron chi connectivity index (χ4n) is 3.93. The first kappa shape index (κ1) is 31.5.